The fraction of sp³-hybridized carbons (Fsp3) is 0.400. The Kier molecular flexibility index (Phi) is 4.71. The molecule has 0 aliphatic carbocycles. The minimum atomic E-state index is -0.471. The second-order valence-electron chi connectivity index (χ2n) is 4.63. The molecule has 0 saturated carbocycles. The molecule has 1 aromatic carbocycles. The van der Waals surface area contributed by atoms with Gasteiger partial charge in [0.1, 0.15) is 0 Å². The first-order valence-corrected chi connectivity index (χ1v) is 6.44. The van der Waals surface area contributed by atoms with Crippen molar-refractivity contribution in [3.05, 3.63) is 53.3 Å². The van der Waals surface area contributed by atoms with E-state index in [1.54, 1.807) is 13.3 Å². The molecule has 0 aliphatic heterocycles. The van der Waals surface area contributed by atoms with E-state index in [1.165, 1.54) is 0 Å². The number of aryl methyl sites for hydroxylation is 2. The van der Waals surface area contributed by atoms with E-state index in [1.807, 2.05) is 42.1 Å². The summed E-state index contributed by atoms with van der Waals surface area (Å²) < 4.78 is 7.00. The number of aliphatic hydroxyl groups is 1. The molecule has 0 bridgehead atoms. The lowest BCUT2D eigenvalue weighted by Crippen LogP contribution is -2.06. The summed E-state index contributed by atoms with van der Waals surface area (Å²) in [4.78, 5) is 0. The predicted octanol–water partition coefficient (Wildman–Crippen LogP) is 2.23. The van der Waals surface area contributed by atoms with Crippen molar-refractivity contribution in [3.8, 4) is 0 Å². The number of benzene rings is 1. The number of rotatable bonds is 6. The molecule has 1 N–H and O–H groups in total. The van der Waals surface area contributed by atoms with Crippen molar-refractivity contribution in [2.24, 2.45) is 7.05 Å². The Bertz CT molecular complexity index is 522. The molecule has 2 aromatic rings. The maximum atomic E-state index is 10.3. The van der Waals surface area contributed by atoms with Gasteiger partial charge >= 0.3 is 0 Å². The van der Waals surface area contributed by atoms with Gasteiger partial charge in [-0.1, -0.05) is 24.3 Å². The topological polar surface area (TPSA) is 47.3 Å². The molecule has 0 fully saturated rings. The van der Waals surface area contributed by atoms with Crippen molar-refractivity contribution in [1.29, 1.82) is 0 Å². The average molecular weight is 260 g/mol. The minimum Gasteiger partial charge on any atom is -0.388 e. The van der Waals surface area contributed by atoms with Crippen molar-refractivity contribution < 1.29 is 9.84 Å². The van der Waals surface area contributed by atoms with Crippen LogP contribution in [-0.4, -0.2) is 22.0 Å². The lowest BCUT2D eigenvalue weighted by molar-refractivity contribution is 0.154. The first kappa shape index (κ1) is 13.8. The van der Waals surface area contributed by atoms with E-state index < -0.39 is 6.10 Å². The van der Waals surface area contributed by atoms with Crippen molar-refractivity contribution >= 4 is 0 Å². The fourth-order valence-electron chi connectivity index (χ4n) is 2.23. The summed E-state index contributed by atoms with van der Waals surface area (Å²) in [6.07, 6.45) is 2.79. The van der Waals surface area contributed by atoms with Crippen LogP contribution in [0.2, 0.25) is 0 Å². The molecule has 1 heterocycles. The Morgan fingerprint density at radius 2 is 2.11 bits per heavy atom. The Morgan fingerprint density at radius 3 is 2.79 bits per heavy atom. The number of nitrogens with zero attached hydrogens (tertiary/aromatic N) is 2. The van der Waals surface area contributed by atoms with E-state index in [-0.39, 0.29) is 0 Å². The zero-order chi connectivity index (χ0) is 13.7. The van der Waals surface area contributed by atoms with Crippen LogP contribution in [0.15, 0.2) is 36.5 Å². The van der Waals surface area contributed by atoms with Gasteiger partial charge < -0.3 is 9.84 Å². The molecule has 1 atom stereocenters. The molecule has 0 amide bonds. The molecule has 1 unspecified atom stereocenters. The Labute approximate surface area is 113 Å². The van der Waals surface area contributed by atoms with Gasteiger partial charge in [0.25, 0.3) is 0 Å². The maximum Gasteiger partial charge on any atom is 0.0797 e. The van der Waals surface area contributed by atoms with Gasteiger partial charge in [-0.3, -0.25) is 4.68 Å². The molecule has 102 valence electrons. The normalized spacial score (nSPS) is 12.6. The van der Waals surface area contributed by atoms with E-state index in [2.05, 4.69) is 5.10 Å². The van der Waals surface area contributed by atoms with Gasteiger partial charge in [-0.05, 0) is 30.0 Å². The molecular weight excluding hydrogens is 240 g/mol. The van der Waals surface area contributed by atoms with Crippen LogP contribution in [-0.2, 0) is 24.8 Å². The van der Waals surface area contributed by atoms with Gasteiger partial charge in [0.05, 0.1) is 12.7 Å². The zero-order valence-electron chi connectivity index (χ0n) is 11.4. The number of aromatic nitrogens is 2. The number of hydrogen-bond donors (Lipinski definition) is 1. The second kappa shape index (κ2) is 6.50. The zero-order valence-corrected chi connectivity index (χ0v) is 11.4. The summed E-state index contributed by atoms with van der Waals surface area (Å²) in [5.74, 6) is 0. The van der Waals surface area contributed by atoms with Crippen LogP contribution in [0.4, 0.5) is 0 Å². The number of ether oxygens (including phenoxy) is 1. The maximum absolute atomic E-state index is 10.3. The van der Waals surface area contributed by atoms with Gasteiger partial charge in [0, 0.05) is 26.0 Å². The van der Waals surface area contributed by atoms with E-state index >= 15 is 0 Å². The highest BCUT2D eigenvalue weighted by Crippen LogP contribution is 2.23. The smallest absolute Gasteiger partial charge is 0.0797 e. The van der Waals surface area contributed by atoms with Crippen molar-refractivity contribution in [3.63, 3.8) is 0 Å². The third kappa shape index (κ3) is 3.43. The first-order chi connectivity index (χ1) is 9.22. The summed E-state index contributed by atoms with van der Waals surface area (Å²) in [6.45, 7) is 0.527. The fourth-order valence-corrected chi connectivity index (χ4v) is 2.23. The van der Waals surface area contributed by atoms with Gasteiger partial charge in [0.15, 0.2) is 0 Å². The highest BCUT2D eigenvalue weighted by Gasteiger charge is 2.12. The highest BCUT2D eigenvalue weighted by atomic mass is 16.5. The van der Waals surface area contributed by atoms with Crippen molar-refractivity contribution in [2.45, 2.75) is 25.6 Å². The monoisotopic (exact) mass is 260 g/mol. The largest absolute Gasteiger partial charge is 0.388 e. The quantitative estimate of drug-likeness (QED) is 0.866. The van der Waals surface area contributed by atoms with Crippen LogP contribution < -0.4 is 0 Å². The lowest BCUT2D eigenvalue weighted by Gasteiger charge is -2.15. The summed E-state index contributed by atoms with van der Waals surface area (Å²) in [6, 6.07) is 9.84. The molecular formula is C15H20N2O2. The Balaban J connectivity index is 2.03. The van der Waals surface area contributed by atoms with Crippen LogP contribution in [0, 0.1) is 0 Å². The molecule has 4 heteroatoms. The van der Waals surface area contributed by atoms with Gasteiger partial charge in [-0.15, -0.1) is 0 Å². The van der Waals surface area contributed by atoms with E-state index in [4.69, 9.17) is 4.74 Å². The molecule has 0 radical (unpaired) electrons. The van der Waals surface area contributed by atoms with E-state index in [9.17, 15) is 5.11 Å². The molecule has 1 aromatic heterocycles. The molecule has 19 heavy (non-hydrogen) atoms. The summed E-state index contributed by atoms with van der Waals surface area (Å²) in [5, 5.41) is 14.5. The summed E-state index contributed by atoms with van der Waals surface area (Å²) >= 11 is 0. The molecule has 0 aliphatic rings. The summed E-state index contributed by atoms with van der Waals surface area (Å²) in [5.41, 5.74) is 3.12. The van der Waals surface area contributed by atoms with Crippen molar-refractivity contribution in [1.82, 2.24) is 9.78 Å². The first-order valence-electron chi connectivity index (χ1n) is 6.44. The molecule has 2 rings (SSSR count). The lowest BCUT2D eigenvalue weighted by atomic mass is 9.99. The van der Waals surface area contributed by atoms with E-state index in [0.717, 1.165) is 23.2 Å². The molecule has 4 nitrogen and oxygen atoms in total. The highest BCUT2D eigenvalue weighted by molar-refractivity contribution is 5.28. The third-order valence-electron chi connectivity index (χ3n) is 3.31. The standard InChI is InChI=1S/C15H20N2O2/c1-17-13(9-10-16-17)7-8-15(18)14-6-4-3-5-12(14)11-19-2/h3-6,9-10,15,18H,7-8,11H2,1-2H3. The van der Waals surface area contributed by atoms with Crippen LogP contribution in [0.1, 0.15) is 29.3 Å². The predicted molar refractivity (Wildman–Crippen MR) is 73.6 cm³/mol. The third-order valence-corrected chi connectivity index (χ3v) is 3.31. The Morgan fingerprint density at radius 1 is 1.32 bits per heavy atom. The van der Waals surface area contributed by atoms with Gasteiger partial charge in [-0.2, -0.15) is 5.10 Å². The summed E-state index contributed by atoms with van der Waals surface area (Å²) in [7, 11) is 3.58. The number of hydrogen-bond acceptors (Lipinski definition) is 3. The number of aliphatic hydroxyl groups excluding tert-OH is 1. The second-order valence-corrected chi connectivity index (χ2v) is 4.63. The molecule has 0 spiro atoms. The SMILES string of the molecule is COCc1ccccc1C(O)CCc1ccnn1C. The minimum absolute atomic E-state index is 0.471. The van der Waals surface area contributed by atoms with Gasteiger partial charge in [-0.25, -0.2) is 0 Å². The average Bonchev–Trinajstić information content (AvgIpc) is 2.82. The van der Waals surface area contributed by atoms with E-state index in [0.29, 0.717) is 13.0 Å². The van der Waals surface area contributed by atoms with Crippen LogP contribution in [0.25, 0.3) is 0 Å². The molecule has 0 saturated heterocycles. The van der Waals surface area contributed by atoms with Crippen LogP contribution in [0.3, 0.4) is 0 Å². The number of methoxy groups -OCH3 is 1. The van der Waals surface area contributed by atoms with Crippen LogP contribution in [0.5, 0.6) is 0 Å². The van der Waals surface area contributed by atoms with Gasteiger partial charge in [0.2, 0.25) is 0 Å². The Hall–Kier alpha value is -1.65. The van der Waals surface area contributed by atoms with Crippen LogP contribution >= 0.6 is 0 Å². The van der Waals surface area contributed by atoms with Crippen molar-refractivity contribution in [2.75, 3.05) is 7.11 Å².